The third kappa shape index (κ3) is 3.24. The van der Waals surface area contributed by atoms with Crippen LogP contribution in [0.2, 0.25) is 0 Å². The van der Waals surface area contributed by atoms with E-state index in [0.29, 0.717) is 0 Å². The second-order valence-corrected chi connectivity index (χ2v) is 8.38. The molecule has 0 atom stereocenters. The highest BCUT2D eigenvalue weighted by atomic mass is 32.1. The Kier molecular flexibility index (Phi) is 4.07. The molecule has 2 aromatic heterocycles. The SMILES string of the molecule is CC(C)(C)c1cn2nc(Nc3cccc(N4CCCNC4=O)c3)sc2n1. The van der Waals surface area contributed by atoms with Crippen molar-refractivity contribution in [1.82, 2.24) is 19.9 Å². The Morgan fingerprint density at radius 3 is 2.88 bits per heavy atom. The second kappa shape index (κ2) is 6.28. The molecule has 2 N–H and O–H groups in total. The molecule has 1 aliphatic rings. The van der Waals surface area contributed by atoms with Crippen molar-refractivity contribution in [1.29, 1.82) is 0 Å². The molecule has 1 aromatic carbocycles. The van der Waals surface area contributed by atoms with E-state index < -0.39 is 0 Å². The van der Waals surface area contributed by atoms with Gasteiger partial charge in [0, 0.05) is 29.9 Å². The number of imidazole rings is 1. The van der Waals surface area contributed by atoms with Gasteiger partial charge in [0.1, 0.15) is 0 Å². The van der Waals surface area contributed by atoms with E-state index >= 15 is 0 Å². The maximum absolute atomic E-state index is 12.0. The molecule has 1 saturated heterocycles. The van der Waals surface area contributed by atoms with Crippen LogP contribution in [0.4, 0.5) is 21.3 Å². The van der Waals surface area contributed by atoms with Gasteiger partial charge in [-0.2, -0.15) is 0 Å². The first-order valence-electron chi connectivity index (χ1n) is 8.69. The van der Waals surface area contributed by atoms with Gasteiger partial charge in [-0.25, -0.2) is 14.3 Å². The highest BCUT2D eigenvalue weighted by molar-refractivity contribution is 7.20. The summed E-state index contributed by atoms with van der Waals surface area (Å²) >= 11 is 1.51. The van der Waals surface area contributed by atoms with Crippen molar-refractivity contribution in [3.63, 3.8) is 0 Å². The zero-order chi connectivity index (χ0) is 18.3. The summed E-state index contributed by atoms with van der Waals surface area (Å²) in [5, 5.41) is 11.5. The zero-order valence-corrected chi connectivity index (χ0v) is 15.9. The maximum Gasteiger partial charge on any atom is 0.321 e. The molecule has 0 bridgehead atoms. The van der Waals surface area contributed by atoms with Gasteiger partial charge in [0.05, 0.1) is 11.9 Å². The number of urea groups is 1. The van der Waals surface area contributed by atoms with Gasteiger partial charge in [-0.05, 0) is 24.6 Å². The van der Waals surface area contributed by atoms with E-state index in [1.165, 1.54) is 11.3 Å². The number of amides is 2. The third-order valence-corrected chi connectivity index (χ3v) is 5.14. The average molecular weight is 370 g/mol. The summed E-state index contributed by atoms with van der Waals surface area (Å²) in [6.07, 6.45) is 2.93. The number of rotatable bonds is 3. The molecule has 7 nitrogen and oxygen atoms in total. The topological polar surface area (TPSA) is 74.6 Å². The molecule has 1 aliphatic heterocycles. The van der Waals surface area contributed by atoms with Crippen LogP contribution in [-0.2, 0) is 5.41 Å². The minimum absolute atomic E-state index is 0.00432. The van der Waals surface area contributed by atoms with E-state index in [1.807, 2.05) is 35.0 Å². The highest BCUT2D eigenvalue weighted by Gasteiger charge is 2.20. The molecule has 1 fully saturated rings. The Labute approximate surface area is 156 Å². The van der Waals surface area contributed by atoms with Gasteiger partial charge in [-0.15, -0.1) is 5.10 Å². The number of aromatic nitrogens is 3. The van der Waals surface area contributed by atoms with Crippen LogP contribution >= 0.6 is 11.3 Å². The average Bonchev–Trinajstić information content (AvgIpc) is 3.14. The van der Waals surface area contributed by atoms with E-state index in [-0.39, 0.29) is 11.4 Å². The lowest BCUT2D eigenvalue weighted by molar-refractivity contribution is 0.243. The minimum atomic E-state index is -0.0455. The molecule has 26 heavy (non-hydrogen) atoms. The molecule has 0 saturated carbocycles. The smallest absolute Gasteiger partial charge is 0.321 e. The van der Waals surface area contributed by atoms with Crippen molar-refractivity contribution in [2.24, 2.45) is 0 Å². The largest absolute Gasteiger partial charge is 0.338 e. The van der Waals surface area contributed by atoms with Crippen LogP contribution in [0.25, 0.3) is 4.96 Å². The monoisotopic (exact) mass is 370 g/mol. The number of anilines is 3. The second-order valence-electron chi connectivity index (χ2n) is 7.42. The minimum Gasteiger partial charge on any atom is -0.338 e. The van der Waals surface area contributed by atoms with E-state index in [2.05, 4.69) is 41.5 Å². The van der Waals surface area contributed by atoms with Crippen molar-refractivity contribution in [3.8, 4) is 0 Å². The molecule has 8 heteroatoms. The van der Waals surface area contributed by atoms with Crippen LogP contribution in [0.3, 0.4) is 0 Å². The van der Waals surface area contributed by atoms with Gasteiger partial charge in [0.2, 0.25) is 10.1 Å². The Bertz CT molecular complexity index is 923. The van der Waals surface area contributed by atoms with E-state index in [9.17, 15) is 4.79 Å². The first-order chi connectivity index (χ1) is 12.4. The number of nitrogens with one attached hydrogen (secondary N) is 2. The predicted molar refractivity (Wildman–Crippen MR) is 105 cm³/mol. The molecule has 0 unspecified atom stereocenters. The van der Waals surface area contributed by atoms with Crippen LogP contribution in [0.1, 0.15) is 32.9 Å². The van der Waals surface area contributed by atoms with Crippen molar-refractivity contribution in [2.45, 2.75) is 32.6 Å². The number of hydrogen-bond acceptors (Lipinski definition) is 5. The Balaban J connectivity index is 1.55. The Morgan fingerprint density at radius 2 is 2.15 bits per heavy atom. The fraction of sp³-hybridized carbons (Fsp3) is 0.389. The number of carbonyl (C=O) groups excluding carboxylic acids is 1. The summed E-state index contributed by atoms with van der Waals surface area (Å²) in [5.74, 6) is 0. The third-order valence-electron chi connectivity index (χ3n) is 4.30. The molecule has 0 aliphatic carbocycles. The predicted octanol–water partition coefficient (Wildman–Crippen LogP) is 3.75. The first-order valence-corrected chi connectivity index (χ1v) is 9.51. The lowest BCUT2D eigenvalue weighted by Crippen LogP contribution is -2.46. The van der Waals surface area contributed by atoms with Crippen molar-refractivity contribution >= 4 is 38.8 Å². The molecular formula is C18H22N6OS. The molecule has 0 radical (unpaired) electrons. The van der Waals surface area contributed by atoms with Crippen LogP contribution < -0.4 is 15.5 Å². The quantitative estimate of drug-likeness (QED) is 0.736. The number of nitrogens with zero attached hydrogens (tertiary/aromatic N) is 4. The summed E-state index contributed by atoms with van der Waals surface area (Å²) in [4.78, 5) is 19.3. The summed E-state index contributed by atoms with van der Waals surface area (Å²) in [7, 11) is 0. The summed E-state index contributed by atoms with van der Waals surface area (Å²) in [6.45, 7) is 7.89. The van der Waals surface area contributed by atoms with Crippen LogP contribution in [0.5, 0.6) is 0 Å². The Morgan fingerprint density at radius 1 is 1.31 bits per heavy atom. The summed E-state index contributed by atoms with van der Waals surface area (Å²) < 4.78 is 1.81. The fourth-order valence-electron chi connectivity index (χ4n) is 2.86. The van der Waals surface area contributed by atoms with Gasteiger partial charge in [0.25, 0.3) is 0 Å². The molecular weight excluding hydrogens is 348 g/mol. The molecule has 3 heterocycles. The number of carbonyl (C=O) groups is 1. The molecule has 3 aromatic rings. The summed E-state index contributed by atoms with van der Waals surface area (Å²) in [6, 6.07) is 7.78. The van der Waals surface area contributed by atoms with Crippen molar-refractivity contribution < 1.29 is 4.79 Å². The zero-order valence-electron chi connectivity index (χ0n) is 15.1. The fourth-order valence-corrected chi connectivity index (χ4v) is 3.66. The van der Waals surface area contributed by atoms with Crippen LogP contribution in [0, 0.1) is 0 Å². The van der Waals surface area contributed by atoms with Crippen molar-refractivity contribution in [2.75, 3.05) is 23.3 Å². The Hall–Kier alpha value is -2.61. The van der Waals surface area contributed by atoms with E-state index in [4.69, 9.17) is 0 Å². The van der Waals surface area contributed by atoms with Gasteiger partial charge in [-0.1, -0.05) is 38.2 Å². The molecule has 0 spiro atoms. The lowest BCUT2D eigenvalue weighted by Gasteiger charge is -2.27. The van der Waals surface area contributed by atoms with Crippen LogP contribution in [0.15, 0.2) is 30.5 Å². The molecule has 2 amide bonds. The van der Waals surface area contributed by atoms with E-state index in [1.54, 1.807) is 4.90 Å². The summed E-state index contributed by atoms with van der Waals surface area (Å²) in [5.41, 5.74) is 2.81. The van der Waals surface area contributed by atoms with Gasteiger partial charge in [0.15, 0.2) is 0 Å². The number of hydrogen-bond donors (Lipinski definition) is 2. The number of benzene rings is 1. The molecule has 4 rings (SSSR count). The maximum atomic E-state index is 12.0. The number of fused-ring (bicyclic) bond motifs is 1. The standard InChI is InChI=1S/C18H22N6OS/c1-18(2,3)14-11-24-17(21-14)26-15(22-24)20-12-6-4-7-13(10-12)23-9-5-8-19-16(23)25/h4,6-7,10-11H,5,8-9H2,1-3H3,(H,19,25)(H,20,22). The molecule has 136 valence electrons. The highest BCUT2D eigenvalue weighted by Crippen LogP contribution is 2.28. The van der Waals surface area contributed by atoms with Gasteiger partial charge in [-0.3, -0.25) is 4.90 Å². The van der Waals surface area contributed by atoms with Gasteiger partial charge < -0.3 is 10.6 Å². The normalized spacial score (nSPS) is 15.3. The lowest BCUT2D eigenvalue weighted by atomic mass is 9.93. The van der Waals surface area contributed by atoms with Crippen LogP contribution in [-0.4, -0.2) is 33.7 Å². The van der Waals surface area contributed by atoms with Gasteiger partial charge >= 0.3 is 6.03 Å². The first kappa shape index (κ1) is 16.8. The van der Waals surface area contributed by atoms with Crippen molar-refractivity contribution in [3.05, 3.63) is 36.2 Å². The van der Waals surface area contributed by atoms with E-state index in [0.717, 1.165) is 46.7 Å².